The van der Waals surface area contributed by atoms with Crippen LogP contribution in [0.4, 0.5) is 5.69 Å². The van der Waals surface area contributed by atoms with Crippen LogP contribution >= 0.6 is 15.9 Å². The minimum Gasteiger partial charge on any atom is -0.399 e. The average Bonchev–Trinajstić information content (AvgIpc) is 2.22. The first kappa shape index (κ1) is 14.9. The Morgan fingerprint density at radius 1 is 1.32 bits per heavy atom. The maximum absolute atomic E-state index is 6.11. The molecule has 2 rings (SSSR count). The number of nitrogen functional groups attached to an aromatic ring is 1. The second-order valence-electron chi connectivity index (χ2n) is 6.74. The largest absolute Gasteiger partial charge is 0.399 e. The summed E-state index contributed by atoms with van der Waals surface area (Å²) >= 11 is 3.47. The third-order valence-electron chi connectivity index (χ3n) is 3.81. The van der Waals surface area contributed by atoms with Crippen LogP contribution in [-0.4, -0.2) is 6.10 Å². The lowest BCUT2D eigenvalue weighted by Crippen LogP contribution is -2.32. The first-order valence-electron chi connectivity index (χ1n) is 7.01. The van der Waals surface area contributed by atoms with E-state index in [-0.39, 0.29) is 0 Å². The maximum atomic E-state index is 6.11. The maximum Gasteiger partial charge on any atom is 0.0721 e. The third-order valence-corrected chi connectivity index (χ3v) is 4.27. The van der Waals surface area contributed by atoms with E-state index in [4.69, 9.17) is 10.5 Å². The Morgan fingerprint density at radius 3 is 2.68 bits per heavy atom. The number of nitrogens with two attached hydrogens (primary N) is 1. The van der Waals surface area contributed by atoms with Gasteiger partial charge in [-0.2, -0.15) is 0 Å². The molecule has 2 unspecified atom stereocenters. The molecular weight excluding hydrogens is 302 g/mol. The van der Waals surface area contributed by atoms with Gasteiger partial charge in [0.1, 0.15) is 0 Å². The van der Waals surface area contributed by atoms with E-state index in [0.29, 0.717) is 18.1 Å². The van der Waals surface area contributed by atoms with Crippen molar-refractivity contribution in [1.29, 1.82) is 0 Å². The molecule has 0 aliphatic heterocycles. The molecule has 0 radical (unpaired) electrons. The molecule has 1 aliphatic rings. The fraction of sp³-hybridized carbons (Fsp3) is 0.625. The Morgan fingerprint density at radius 2 is 2.05 bits per heavy atom. The molecule has 2 atom stereocenters. The molecule has 0 amide bonds. The highest BCUT2D eigenvalue weighted by molar-refractivity contribution is 9.10. The summed E-state index contributed by atoms with van der Waals surface area (Å²) in [5, 5.41) is 0. The van der Waals surface area contributed by atoms with Crippen LogP contribution in [-0.2, 0) is 11.3 Å². The van der Waals surface area contributed by atoms with Gasteiger partial charge in [0.15, 0.2) is 0 Å². The lowest BCUT2D eigenvalue weighted by atomic mass is 9.71. The van der Waals surface area contributed by atoms with Crippen LogP contribution in [0.15, 0.2) is 22.7 Å². The van der Waals surface area contributed by atoms with E-state index in [1.165, 1.54) is 12.8 Å². The number of rotatable bonds is 3. The van der Waals surface area contributed by atoms with Gasteiger partial charge in [-0.1, -0.05) is 36.7 Å². The van der Waals surface area contributed by atoms with Crippen LogP contribution in [0.1, 0.15) is 45.6 Å². The summed E-state index contributed by atoms with van der Waals surface area (Å²) in [6.45, 7) is 7.66. The predicted molar refractivity (Wildman–Crippen MR) is 83.9 cm³/mol. The van der Waals surface area contributed by atoms with E-state index in [0.717, 1.165) is 28.1 Å². The van der Waals surface area contributed by atoms with Gasteiger partial charge in [-0.05, 0) is 54.4 Å². The van der Waals surface area contributed by atoms with Crippen molar-refractivity contribution in [3.05, 3.63) is 28.2 Å². The van der Waals surface area contributed by atoms with Crippen LogP contribution in [0.5, 0.6) is 0 Å². The second-order valence-corrected chi connectivity index (χ2v) is 7.65. The molecule has 0 spiro atoms. The van der Waals surface area contributed by atoms with Gasteiger partial charge in [0, 0.05) is 10.2 Å². The Hall–Kier alpha value is -0.540. The van der Waals surface area contributed by atoms with E-state index in [2.05, 4.69) is 42.8 Å². The lowest BCUT2D eigenvalue weighted by molar-refractivity contribution is -0.0316. The van der Waals surface area contributed by atoms with Gasteiger partial charge in [0.05, 0.1) is 12.7 Å². The highest BCUT2D eigenvalue weighted by atomic mass is 79.9. The summed E-state index contributed by atoms with van der Waals surface area (Å²) in [5.74, 6) is 0.751. The number of hydrogen-bond acceptors (Lipinski definition) is 2. The van der Waals surface area contributed by atoms with E-state index < -0.39 is 0 Å². The molecule has 3 heteroatoms. The van der Waals surface area contributed by atoms with Gasteiger partial charge in [-0.15, -0.1) is 0 Å². The first-order chi connectivity index (χ1) is 8.84. The molecule has 19 heavy (non-hydrogen) atoms. The average molecular weight is 326 g/mol. The van der Waals surface area contributed by atoms with Gasteiger partial charge in [0.25, 0.3) is 0 Å². The minimum atomic E-state index is 0.374. The molecular formula is C16H24BrNO. The molecule has 106 valence electrons. The zero-order valence-corrected chi connectivity index (χ0v) is 13.7. The summed E-state index contributed by atoms with van der Waals surface area (Å²) in [4.78, 5) is 0. The molecule has 2 nitrogen and oxygen atoms in total. The zero-order chi connectivity index (χ0) is 14.0. The van der Waals surface area contributed by atoms with Crippen molar-refractivity contribution in [3.8, 4) is 0 Å². The smallest absolute Gasteiger partial charge is 0.0721 e. The topological polar surface area (TPSA) is 35.2 Å². The molecule has 0 heterocycles. The van der Waals surface area contributed by atoms with E-state index in [1.54, 1.807) is 0 Å². The monoisotopic (exact) mass is 325 g/mol. The van der Waals surface area contributed by atoms with E-state index >= 15 is 0 Å². The Labute approximate surface area is 124 Å². The van der Waals surface area contributed by atoms with E-state index in [1.807, 2.05) is 12.1 Å². The number of benzene rings is 1. The number of halogens is 1. The van der Waals surface area contributed by atoms with Crippen molar-refractivity contribution in [2.75, 3.05) is 5.73 Å². The fourth-order valence-electron chi connectivity index (χ4n) is 3.36. The Kier molecular flexibility index (Phi) is 4.57. The molecule has 1 aromatic rings. The van der Waals surface area contributed by atoms with Crippen LogP contribution in [0.25, 0.3) is 0 Å². The van der Waals surface area contributed by atoms with E-state index in [9.17, 15) is 0 Å². The normalized spacial score (nSPS) is 26.3. The van der Waals surface area contributed by atoms with Gasteiger partial charge in [-0.25, -0.2) is 0 Å². The molecule has 2 N–H and O–H groups in total. The zero-order valence-electron chi connectivity index (χ0n) is 12.1. The van der Waals surface area contributed by atoms with Crippen LogP contribution in [0.3, 0.4) is 0 Å². The SMILES string of the molecule is CC1CC(OCc2cc(N)cc(Br)c2)CC(C)(C)C1. The molecule has 0 bridgehead atoms. The Balaban J connectivity index is 1.94. The summed E-state index contributed by atoms with van der Waals surface area (Å²) in [5.41, 5.74) is 8.17. The summed E-state index contributed by atoms with van der Waals surface area (Å²) < 4.78 is 7.13. The highest BCUT2D eigenvalue weighted by Gasteiger charge is 2.32. The number of hydrogen-bond donors (Lipinski definition) is 1. The third kappa shape index (κ3) is 4.50. The molecule has 1 aromatic carbocycles. The summed E-state index contributed by atoms with van der Waals surface area (Å²) in [7, 11) is 0. The summed E-state index contributed by atoms with van der Waals surface area (Å²) in [6, 6.07) is 5.98. The first-order valence-corrected chi connectivity index (χ1v) is 7.80. The van der Waals surface area contributed by atoms with Crippen molar-refractivity contribution in [2.45, 2.75) is 52.7 Å². The van der Waals surface area contributed by atoms with Gasteiger partial charge in [-0.3, -0.25) is 0 Å². The number of anilines is 1. The van der Waals surface area contributed by atoms with Crippen molar-refractivity contribution in [1.82, 2.24) is 0 Å². The van der Waals surface area contributed by atoms with Crippen LogP contribution < -0.4 is 5.73 Å². The van der Waals surface area contributed by atoms with Crippen molar-refractivity contribution < 1.29 is 4.74 Å². The van der Waals surface area contributed by atoms with Gasteiger partial charge < -0.3 is 10.5 Å². The quantitative estimate of drug-likeness (QED) is 0.813. The van der Waals surface area contributed by atoms with Gasteiger partial charge in [0.2, 0.25) is 0 Å². The summed E-state index contributed by atoms with van der Waals surface area (Å²) in [6.07, 6.45) is 4.00. The lowest BCUT2D eigenvalue weighted by Gasteiger charge is -2.38. The number of ether oxygens (including phenoxy) is 1. The second kappa shape index (κ2) is 5.84. The molecule has 0 saturated heterocycles. The Bertz CT molecular complexity index is 424. The highest BCUT2D eigenvalue weighted by Crippen LogP contribution is 2.39. The molecule has 1 aliphatic carbocycles. The molecule has 1 saturated carbocycles. The van der Waals surface area contributed by atoms with Crippen LogP contribution in [0, 0.1) is 11.3 Å². The van der Waals surface area contributed by atoms with Crippen molar-refractivity contribution in [3.63, 3.8) is 0 Å². The molecule has 1 fully saturated rings. The molecule has 0 aromatic heterocycles. The fourth-order valence-corrected chi connectivity index (χ4v) is 3.92. The van der Waals surface area contributed by atoms with Crippen LogP contribution in [0.2, 0.25) is 0 Å². The minimum absolute atomic E-state index is 0.374. The predicted octanol–water partition coefficient (Wildman–Crippen LogP) is 4.76. The van der Waals surface area contributed by atoms with Crippen molar-refractivity contribution in [2.24, 2.45) is 11.3 Å². The van der Waals surface area contributed by atoms with Crippen molar-refractivity contribution >= 4 is 21.6 Å². The standard InChI is InChI=1S/C16H24BrNO/c1-11-4-15(9-16(2,3)8-11)19-10-12-5-13(17)7-14(18)6-12/h5-7,11,15H,4,8-10,18H2,1-3H3. The van der Waals surface area contributed by atoms with Gasteiger partial charge >= 0.3 is 0 Å².